The summed E-state index contributed by atoms with van der Waals surface area (Å²) in [5.74, 6) is 0.444. The zero-order valence-electron chi connectivity index (χ0n) is 11.7. The van der Waals surface area contributed by atoms with Crippen LogP contribution < -0.4 is 0 Å². The normalized spacial score (nSPS) is 16.4. The highest BCUT2D eigenvalue weighted by molar-refractivity contribution is 6.02. The van der Waals surface area contributed by atoms with Crippen LogP contribution in [-0.4, -0.2) is 48.0 Å². The van der Waals surface area contributed by atoms with Gasteiger partial charge >= 0.3 is 6.03 Å². The summed E-state index contributed by atoms with van der Waals surface area (Å²) in [6.07, 6.45) is 0. The van der Waals surface area contributed by atoms with E-state index in [4.69, 9.17) is 4.74 Å². The van der Waals surface area contributed by atoms with E-state index in [0.29, 0.717) is 25.5 Å². The second-order valence-electron chi connectivity index (χ2n) is 5.02. The first kappa shape index (κ1) is 14.5. The van der Waals surface area contributed by atoms with Gasteiger partial charge in [0.2, 0.25) is 5.91 Å². The number of urea groups is 1. The standard InChI is InChI=1S/C13H22N2O3/c1-6-14-8-11(16)15(12(14)17)9-13(4,5)10(3)18-7-2/h3,6-9H2,1-2,4-5H3. The van der Waals surface area contributed by atoms with Crippen LogP contribution in [-0.2, 0) is 9.53 Å². The monoisotopic (exact) mass is 254 g/mol. The molecule has 3 amide bonds. The van der Waals surface area contributed by atoms with Crippen molar-refractivity contribution >= 4 is 11.9 Å². The molecule has 0 saturated carbocycles. The second kappa shape index (κ2) is 5.42. The predicted octanol–water partition coefficient (Wildman–Crippen LogP) is 1.85. The summed E-state index contributed by atoms with van der Waals surface area (Å²) >= 11 is 0. The van der Waals surface area contributed by atoms with Gasteiger partial charge in [0.1, 0.15) is 6.54 Å². The van der Waals surface area contributed by atoms with Gasteiger partial charge in [-0.2, -0.15) is 0 Å². The van der Waals surface area contributed by atoms with Crippen molar-refractivity contribution in [3.05, 3.63) is 12.3 Å². The van der Waals surface area contributed by atoms with E-state index in [1.54, 1.807) is 0 Å². The maximum Gasteiger partial charge on any atom is 0.327 e. The van der Waals surface area contributed by atoms with Gasteiger partial charge in [0, 0.05) is 18.5 Å². The minimum absolute atomic E-state index is 0.153. The number of hydrogen-bond acceptors (Lipinski definition) is 3. The molecule has 1 aliphatic rings. The van der Waals surface area contributed by atoms with Crippen LogP contribution in [0.15, 0.2) is 12.3 Å². The van der Waals surface area contributed by atoms with Crippen LogP contribution in [0, 0.1) is 5.41 Å². The van der Waals surface area contributed by atoms with Gasteiger partial charge in [0.15, 0.2) is 0 Å². The zero-order valence-corrected chi connectivity index (χ0v) is 11.7. The maximum atomic E-state index is 12.0. The fourth-order valence-corrected chi connectivity index (χ4v) is 1.85. The fourth-order valence-electron chi connectivity index (χ4n) is 1.85. The summed E-state index contributed by atoms with van der Waals surface area (Å²) in [7, 11) is 0. The smallest absolute Gasteiger partial charge is 0.327 e. The molecule has 0 aliphatic carbocycles. The third-order valence-electron chi connectivity index (χ3n) is 3.14. The molecule has 1 saturated heterocycles. The van der Waals surface area contributed by atoms with Crippen molar-refractivity contribution in [3.8, 4) is 0 Å². The topological polar surface area (TPSA) is 49.9 Å². The molecule has 102 valence electrons. The molecule has 0 radical (unpaired) electrons. The molecule has 0 atom stereocenters. The van der Waals surface area contributed by atoms with Crippen molar-refractivity contribution in [1.29, 1.82) is 0 Å². The Morgan fingerprint density at radius 3 is 2.44 bits per heavy atom. The molecule has 1 aliphatic heterocycles. The van der Waals surface area contributed by atoms with Gasteiger partial charge < -0.3 is 9.64 Å². The molecule has 0 aromatic rings. The Morgan fingerprint density at radius 2 is 2.00 bits per heavy atom. The average Bonchev–Trinajstić information content (AvgIpc) is 2.56. The molecule has 5 heteroatoms. The van der Waals surface area contributed by atoms with Crippen molar-refractivity contribution in [2.24, 2.45) is 5.41 Å². The number of amides is 3. The minimum Gasteiger partial charge on any atom is -0.498 e. The molecule has 0 bridgehead atoms. The molecule has 5 nitrogen and oxygen atoms in total. The first-order valence-electron chi connectivity index (χ1n) is 6.25. The van der Waals surface area contributed by atoms with Crippen molar-refractivity contribution in [3.63, 3.8) is 0 Å². The van der Waals surface area contributed by atoms with E-state index in [1.807, 2.05) is 27.7 Å². The van der Waals surface area contributed by atoms with Crippen molar-refractivity contribution < 1.29 is 14.3 Å². The summed E-state index contributed by atoms with van der Waals surface area (Å²) in [5, 5.41) is 0. The lowest BCUT2D eigenvalue weighted by molar-refractivity contribution is -0.126. The molecule has 0 unspecified atom stereocenters. The molecular formula is C13H22N2O3. The quantitative estimate of drug-likeness (QED) is 0.537. The second-order valence-corrected chi connectivity index (χ2v) is 5.02. The molecule has 1 heterocycles. The molecular weight excluding hydrogens is 232 g/mol. The summed E-state index contributed by atoms with van der Waals surface area (Å²) in [6, 6.07) is -0.222. The van der Waals surface area contributed by atoms with E-state index in [0.717, 1.165) is 0 Å². The Morgan fingerprint density at radius 1 is 1.39 bits per heavy atom. The van der Waals surface area contributed by atoms with Gasteiger partial charge in [0.25, 0.3) is 0 Å². The number of likely N-dealkylation sites (N-methyl/N-ethyl adjacent to an activating group) is 1. The number of ether oxygens (including phenoxy) is 1. The summed E-state index contributed by atoms with van der Waals surface area (Å²) in [6.45, 7) is 13.0. The van der Waals surface area contributed by atoms with E-state index >= 15 is 0 Å². The Kier molecular flexibility index (Phi) is 4.38. The molecule has 0 aromatic heterocycles. The number of rotatable bonds is 6. The zero-order chi connectivity index (χ0) is 13.9. The van der Waals surface area contributed by atoms with Crippen molar-refractivity contribution in [1.82, 2.24) is 9.80 Å². The lowest BCUT2D eigenvalue weighted by Crippen LogP contribution is -2.40. The third-order valence-corrected chi connectivity index (χ3v) is 3.14. The van der Waals surface area contributed by atoms with Crippen LogP contribution in [0.2, 0.25) is 0 Å². The molecule has 0 aromatic carbocycles. The molecule has 1 fully saturated rings. The van der Waals surface area contributed by atoms with E-state index in [1.165, 1.54) is 9.80 Å². The predicted molar refractivity (Wildman–Crippen MR) is 68.9 cm³/mol. The van der Waals surface area contributed by atoms with Gasteiger partial charge in [0.05, 0.1) is 12.4 Å². The average molecular weight is 254 g/mol. The van der Waals surface area contributed by atoms with Gasteiger partial charge in [-0.05, 0) is 13.8 Å². The lowest BCUT2D eigenvalue weighted by Gasteiger charge is -2.30. The maximum absolute atomic E-state index is 12.0. The first-order chi connectivity index (χ1) is 8.33. The fraction of sp³-hybridized carbons (Fsp3) is 0.692. The van der Waals surface area contributed by atoms with Crippen molar-refractivity contribution in [2.75, 3.05) is 26.2 Å². The highest BCUT2D eigenvalue weighted by atomic mass is 16.5. The molecule has 0 spiro atoms. The number of imide groups is 1. The lowest BCUT2D eigenvalue weighted by atomic mass is 9.91. The Labute approximate surface area is 108 Å². The molecule has 1 rings (SSSR count). The van der Waals surface area contributed by atoms with Crippen LogP contribution in [0.3, 0.4) is 0 Å². The summed E-state index contributed by atoms with van der Waals surface area (Å²) in [4.78, 5) is 26.6. The van der Waals surface area contributed by atoms with Crippen LogP contribution in [0.25, 0.3) is 0 Å². The van der Waals surface area contributed by atoms with Crippen molar-refractivity contribution in [2.45, 2.75) is 27.7 Å². The van der Waals surface area contributed by atoms with E-state index < -0.39 is 5.41 Å². The number of nitrogens with zero attached hydrogens (tertiary/aromatic N) is 2. The highest BCUT2D eigenvalue weighted by Gasteiger charge is 2.39. The van der Waals surface area contributed by atoms with Crippen LogP contribution >= 0.6 is 0 Å². The van der Waals surface area contributed by atoms with Gasteiger partial charge in [-0.3, -0.25) is 9.69 Å². The van der Waals surface area contributed by atoms with E-state index in [2.05, 4.69) is 6.58 Å². The number of carbonyl (C=O) groups is 2. The summed E-state index contributed by atoms with van der Waals surface area (Å²) in [5.41, 5.74) is -0.439. The van der Waals surface area contributed by atoms with Crippen LogP contribution in [0.1, 0.15) is 27.7 Å². The first-order valence-corrected chi connectivity index (χ1v) is 6.25. The molecule has 0 N–H and O–H groups in total. The largest absolute Gasteiger partial charge is 0.498 e. The molecule has 18 heavy (non-hydrogen) atoms. The summed E-state index contributed by atoms with van der Waals surface area (Å²) < 4.78 is 5.38. The van der Waals surface area contributed by atoms with Crippen LogP contribution in [0.5, 0.6) is 0 Å². The SMILES string of the molecule is C=C(OCC)C(C)(C)CN1C(=O)CN(CC)C1=O. The Hall–Kier alpha value is -1.52. The van der Waals surface area contributed by atoms with Gasteiger partial charge in [-0.1, -0.05) is 20.4 Å². The van der Waals surface area contributed by atoms with E-state index in [-0.39, 0.29) is 18.5 Å². The minimum atomic E-state index is -0.439. The van der Waals surface area contributed by atoms with E-state index in [9.17, 15) is 9.59 Å². The number of carbonyl (C=O) groups excluding carboxylic acids is 2. The van der Waals surface area contributed by atoms with Gasteiger partial charge in [-0.15, -0.1) is 0 Å². The Balaban J connectivity index is 2.75. The van der Waals surface area contributed by atoms with Gasteiger partial charge in [-0.25, -0.2) is 4.79 Å². The highest BCUT2D eigenvalue weighted by Crippen LogP contribution is 2.28. The third kappa shape index (κ3) is 2.83. The Bertz CT molecular complexity index is 363. The van der Waals surface area contributed by atoms with Crippen LogP contribution in [0.4, 0.5) is 4.79 Å². The number of hydrogen-bond donors (Lipinski definition) is 0.